The van der Waals surface area contributed by atoms with Crippen LogP contribution in [0.25, 0.3) is 72.4 Å². The van der Waals surface area contributed by atoms with Crippen LogP contribution in [0, 0.1) is 6.92 Å². The number of hydrogen-bond acceptors (Lipinski definition) is 3. The number of aromatic nitrogens is 3. The van der Waals surface area contributed by atoms with Crippen molar-refractivity contribution < 1.29 is 0 Å². The highest BCUT2D eigenvalue weighted by atomic mass is 15.1. The molecule has 0 aliphatic heterocycles. The molecule has 10 rings (SSSR count). The maximum Gasteiger partial charge on any atom is 0.0973 e. The van der Waals surface area contributed by atoms with Crippen LogP contribution in [-0.4, -0.2) is 14.5 Å². The molecule has 0 fully saturated rings. The van der Waals surface area contributed by atoms with E-state index in [4.69, 9.17) is 9.97 Å². The van der Waals surface area contributed by atoms with Gasteiger partial charge < -0.3 is 9.47 Å². The third-order valence-corrected chi connectivity index (χ3v) is 11.2. The SMILES string of the molecule is C/C=C/C=C/C.C=C(C)C.C=CC.C=CC.Cc1cc2cc(-c3cccc(-c4ccccc4)c3)ccc2n1-c1ccc(N(c2ccccc2)c2ccc(-c3nc4ccccc4nc3-c3ccccc3)cc2)cc1. The number of aryl methyl sites for hydroxylation is 1. The predicted molar refractivity (Wildman–Crippen MR) is 319 cm³/mol. The first-order chi connectivity index (χ1) is 35.6. The number of hydrogen-bond donors (Lipinski definition) is 0. The molecule has 0 aliphatic rings. The minimum absolute atomic E-state index is 0.865. The summed E-state index contributed by atoms with van der Waals surface area (Å²) in [5, 5.41) is 1.22. The second kappa shape index (κ2) is 27.5. The monoisotopic (exact) mass is 953 g/mol. The van der Waals surface area contributed by atoms with Crippen molar-refractivity contribution in [2.75, 3.05) is 4.90 Å². The smallest absolute Gasteiger partial charge is 0.0973 e. The topological polar surface area (TPSA) is 34.0 Å². The highest BCUT2D eigenvalue weighted by Gasteiger charge is 2.17. The zero-order chi connectivity index (χ0) is 52.0. The highest BCUT2D eigenvalue weighted by Crippen LogP contribution is 2.38. The Morgan fingerprint density at radius 2 is 0.822 bits per heavy atom. The maximum absolute atomic E-state index is 5.13. The van der Waals surface area contributed by atoms with Gasteiger partial charge in [-0.3, -0.25) is 0 Å². The van der Waals surface area contributed by atoms with Crippen LogP contribution in [0.2, 0.25) is 0 Å². The molecule has 0 amide bonds. The van der Waals surface area contributed by atoms with Crippen LogP contribution in [0.5, 0.6) is 0 Å². The minimum Gasteiger partial charge on any atom is -0.314 e. The largest absolute Gasteiger partial charge is 0.314 e. The first-order valence-corrected chi connectivity index (χ1v) is 24.8. The van der Waals surface area contributed by atoms with Crippen LogP contribution in [0.1, 0.15) is 47.2 Å². The standard InChI is InChI=1S/C53H38N4.C6H10.C4H8.2C3H6/c1-37-34-44-36-43(42-19-13-18-41(35-42)38-14-5-2-6-15-38)26-33-51(44)56(37)46-29-31-48(32-30-46)57(45-20-9-4-10-21-45)47-27-24-40(25-28-47)53-52(39-16-7-3-8-17-39)54-49-22-11-12-23-50(49)55-53;1-3-5-6-4-2;1-4(2)3;2*1-3-2/h2-36H,1H3;3-6H,1-2H3;1H2,2-3H3;2*3H,1H2,2H3/b;5-3+,6-4+;;;. The Balaban J connectivity index is 0.000000479. The van der Waals surface area contributed by atoms with E-state index in [1.165, 1.54) is 44.4 Å². The highest BCUT2D eigenvalue weighted by molar-refractivity contribution is 5.90. The van der Waals surface area contributed by atoms with E-state index < -0.39 is 0 Å². The van der Waals surface area contributed by atoms with E-state index in [1.807, 2.05) is 108 Å². The number of allylic oxidation sites excluding steroid dienone is 7. The lowest BCUT2D eigenvalue weighted by Gasteiger charge is -2.26. The Morgan fingerprint density at radius 1 is 0.438 bits per heavy atom. The summed E-state index contributed by atoms with van der Waals surface area (Å²) in [5.74, 6) is 0. The van der Waals surface area contributed by atoms with Gasteiger partial charge in [-0.1, -0.05) is 169 Å². The minimum atomic E-state index is 0.865. The summed E-state index contributed by atoms with van der Waals surface area (Å²) < 4.78 is 2.35. The quantitative estimate of drug-likeness (QED) is 0.107. The van der Waals surface area contributed by atoms with Crippen molar-refractivity contribution in [2.45, 2.75) is 48.5 Å². The van der Waals surface area contributed by atoms with Crippen molar-refractivity contribution in [1.82, 2.24) is 14.5 Å². The van der Waals surface area contributed by atoms with E-state index in [0.717, 1.165) is 56.3 Å². The molecule has 73 heavy (non-hydrogen) atoms. The fourth-order valence-electron chi connectivity index (χ4n) is 8.15. The summed E-state index contributed by atoms with van der Waals surface area (Å²) in [6.45, 7) is 24.2. The molecule has 0 spiro atoms. The molecule has 0 atom stereocenters. The summed E-state index contributed by atoms with van der Waals surface area (Å²) in [6.07, 6.45) is 11.5. The van der Waals surface area contributed by atoms with Gasteiger partial charge in [-0.15, -0.1) is 19.7 Å². The first-order valence-electron chi connectivity index (χ1n) is 24.8. The normalized spacial score (nSPS) is 10.5. The Kier molecular flexibility index (Phi) is 20.2. The van der Waals surface area contributed by atoms with Crippen molar-refractivity contribution in [3.05, 3.63) is 280 Å². The van der Waals surface area contributed by atoms with Crippen molar-refractivity contribution in [3.8, 4) is 50.5 Å². The molecule has 8 aromatic carbocycles. The van der Waals surface area contributed by atoms with Gasteiger partial charge in [-0.2, -0.15) is 0 Å². The average Bonchev–Trinajstić information content (AvgIpc) is 3.76. The fraction of sp³-hybridized carbons (Fsp3) is 0.101. The lowest BCUT2D eigenvalue weighted by Crippen LogP contribution is -2.10. The Labute approximate surface area is 435 Å². The lowest BCUT2D eigenvalue weighted by molar-refractivity contribution is 1.05. The van der Waals surface area contributed by atoms with E-state index in [-0.39, 0.29) is 0 Å². The maximum atomic E-state index is 5.13. The van der Waals surface area contributed by atoms with Crippen LogP contribution in [0.3, 0.4) is 0 Å². The van der Waals surface area contributed by atoms with E-state index in [0.29, 0.717) is 0 Å². The molecule has 2 aromatic heterocycles. The third-order valence-electron chi connectivity index (χ3n) is 11.2. The van der Waals surface area contributed by atoms with E-state index >= 15 is 0 Å². The van der Waals surface area contributed by atoms with E-state index in [1.54, 1.807) is 12.2 Å². The van der Waals surface area contributed by atoms with Gasteiger partial charge in [-0.05, 0) is 156 Å². The van der Waals surface area contributed by atoms with Crippen LogP contribution in [-0.2, 0) is 0 Å². The van der Waals surface area contributed by atoms with Crippen molar-refractivity contribution in [1.29, 1.82) is 0 Å². The second-order valence-corrected chi connectivity index (χ2v) is 17.4. The molecule has 0 aliphatic carbocycles. The molecule has 4 nitrogen and oxygen atoms in total. The van der Waals surface area contributed by atoms with Gasteiger partial charge in [0.25, 0.3) is 0 Å². The molecule has 0 N–H and O–H groups in total. The number of benzene rings is 8. The molecule has 0 saturated heterocycles. The summed E-state index contributed by atoms with van der Waals surface area (Å²) in [7, 11) is 0. The first kappa shape index (κ1) is 53.5. The van der Waals surface area contributed by atoms with E-state index in [9.17, 15) is 0 Å². The van der Waals surface area contributed by atoms with Gasteiger partial charge in [-0.25, -0.2) is 9.97 Å². The number of para-hydroxylation sites is 3. The number of fused-ring (bicyclic) bond motifs is 2. The molecular weight excluding hydrogens is 885 g/mol. The number of nitrogens with zero attached hydrogens (tertiary/aromatic N) is 4. The van der Waals surface area contributed by atoms with Crippen LogP contribution in [0.4, 0.5) is 17.1 Å². The summed E-state index contributed by atoms with van der Waals surface area (Å²) in [5.41, 5.74) is 18.3. The fourth-order valence-corrected chi connectivity index (χ4v) is 8.15. The van der Waals surface area contributed by atoms with Crippen molar-refractivity contribution >= 4 is 39.0 Å². The average molecular weight is 953 g/mol. The van der Waals surface area contributed by atoms with Gasteiger partial charge in [0.05, 0.1) is 27.9 Å². The Morgan fingerprint density at radius 3 is 1.33 bits per heavy atom. The van der Waals surface area contributed by atoms with E-state index in [2.05, 4.69) is 206 Å². The van der Waals surface area contributed by atoms with Gasteiger partial charge in [0.15, 0.2) is 0 Å². The van der Waals surface area contributed by atoms with Gasteiger partial charge >= 0.3 is 0 Å². The van der Waals surface area contributed by atoms with Crippen LogP contribution >= 0.6 is 0 Å². The van der Waals surface area contributed by atoms with Crippen molar-refractivity contribution in [2.24, 2.45) is 0 Å². The molecule has 0 bridgehead atoms. The zero-order valence-electron chi connectivity index (χ0n) is 43.6. The summed E-state index contributed by atoms with van der Waals surface area (Å²) in [6, 6.07) is 74.9. The van der Waals surface area contributed by atoms with Gasteiger partial charge in [0, 0.05) is 45.0 Å². The zero-order valence-corrected chi connectivity index (χ0v) is 43.6. The molecule has 0 unspecified atom stereocenters. The number of anilines is 3. The lowest BCUT2D eigenvalue weighted by atomic mass is 9.98. The molecule has 0 saturated carbocycles. The molecule has 2 heterocycles. The molecule has 0 radical (unpaired) electrons. The predicted octanol–water partition coefficient (Wildman–Crippen LogP) is 20.1. The second-order valence-electron chi connectivity index (χ2n) is 17.4. The van der Waals surface area contributed by atoms with Crippen LogP contribution < -0.4 is 4.90 Å². The molecular formula is C69H68N4. The Hall–Kier alpha value is -8.86. The molecule has 4 heteroatoms. The summed E-state index contributed by atoms with van der Waals surface area (Å²) >= 11 is 0. The van der Waals surface area contributed by atoms with Crippen LogP contribution in [0.15, 0.2) is 274 Å². The third kappa shape index (κ3) is 14.4. The Bertz CT molecular complexity index is 3360. The van der Waals surface area contributed by atoms with Crippen molar-refractivity contribution in [3.63, 3.8) is 0 Å². The summed E-state index contributed by atoms with van der Waals surface area (Å²) in [4.78, 5) is 12.5. The molecule has 364 valence electrons. The van der Waals surface area contributed by atoms with Gasteiger partial charge in [0.2, 0.25) is 0 Å². The van der Waals surface area contributed by atoms with Gasteiger partial charge in [0.1, 0.15) is 0 Å². The number of rotatable bonds is 9. The molecule has 10 aromatic rings.